The minimum atomic E-state index is -4.08. The molecule has 0 aromatic carbocycles. The van der Waals surface area contributed by atoms with Crippen LogP contribution in [0.15, 0.2) is 0 Å². The molecular formula is C12H21F3N2O. The van der Waals surface area contributed by atoms with E-state index in [0.717, 1.165) is 19.5 Å². The highest BCUT2D eigenvalue weighted by Gasteiger charge is 2.35. The van der Waals surface area contributed by atoms with Crippen molar-refractivity contribution in [3.63, 3.8) is 0 Å². The fourth-order valence-electron chi connectivity index (χ4n) is 2.83. The third-order valence-corrected chi connectivity index (χ3v) is 3.89. The second-order valence-corrected chi connectivity index (χ2v) is 5.33. The summed E-state index contributed by atoms with van der Waals surface area (Å²) < 4.78 is 41.8. The maximum atomic E-state index is 12.0. The summed E-state index contributed by atoms with van der Waals surface area (Å²) in [5.41, 5.74) is 5.94. The smallest absolute Gasteiger partial charge is 0.374 e. The molecule has 0 aliphatic carbocycles. The highest BCUT2D eigenvalue weighted by molar-refractivity contribution is 4.88. The van der Waals surface area contributed by atoms with Crippen LogP contribution in [0.2, 0.25) is 0 Å². The molecule has 3 nitrogen and oxygen atoms in total. The minimum absolute atomic E-state index is 0.0912. The Morgan fingerprint density at radius 3 is 2.89 bits per heavy atom. The zero-order valence-electron chi connectivity index (χ0n) is 10.5. The number of alkyl halides is 3. The van der Waals surface area contributed by atoms with Crippen LogP contribution in [0.25, 0.3) is 0 Å². The van der Waals surface area contributed by atoms with E-state index < -0.39 is 12.6 Å². The molecular weight excluding hydrogens is 245 g/mol. The summed E-state index contributed by atoms with van der Waals surface area (Å²) in [6, 6.07) is 0.220. The number of fused-ring (bicyclic) bond motifs is 1. The quantitative estimate of drug-likeness (QED) is 0.844. The Bertz CT molecular complexity index is 273. The van der Waals surface area contributed by atoms with Gasteiger partial charge in [-0.2, -0.15) is 13.2 Å². The van der Waals surface area contributed by atoms with Gasteiger partial charge in [0.15, 0.2) is 0 Å². The van der Waals surface area contributed by atoms with Crippen LogP contribution >= 0.6 is 0 Å². The first kappa shape index (κ1) is 14.1. The normalized spacial score (nSPS) is 31.3. The molecule has 0 spiro atoms. The molecule has 18 heavy (non-hydrogen) atoms. The van der Waals surface area contributed by atoms with Gasteiger partial charge in [0.2, 0.25) is 0 Å². The van der Waals surface area contributed by atoms with Crippen molar-refractivity contribution in [3.05, 3.63) is 0 Å². The maximum Gasteiger partial charge on any atom is 0.389 e. The van der Waals surface area contributed by atoms with Gasteiger partial charge in [0.1, 0.15) is 0 Å². The molecule has 2 aliphatic heterocycles. The van der Waals surface area contributed by atoms with Crippen molar-refractivity contribution >= 4 is 0 Å². The van der Waals surface area contributed by atoms with Crippen LogP contribution in [0.3, 0.4) is 0 Å². The van der Waals surface area contributed by atoms with Crippen molar-refractivity contribution in [2.24, 2.45) is 5.73 Å². The highest BCUT2D eigenvalue weighted by Crippen LogP contribution is 2.26. The third-order valence-electron chi connectivity index (χ3n) is 3.89. The first-order valence-corrected chi connectivity index (χ1v) is 6.64. The van der Waals surface area contributed by atoms with Crippen LogP contribution in [-0.4, -0.2) is 49.0 Å². The Labute approximate surface area is 105 Å². The Kier molecular flexibility index (Phi) is 4.50. The summed E-state index contributed by atoms with van der Waals surface area (Å²) in [6.45, 7) is 2.52. The molecule has 0 radical (unpaired) electrons. The second kappa shape index (κ2) is 5.75. The lowest BCUT2D eigenvalue weighted by Gasteiger charge is -2.37. The van der Waals surface area contributed by atoms with Crippen molar-refractivity contribution in [1.29, 1.82) is 0 Å². The first-order chi connectivity index (χ1) is 8.46. The summed E-state index contributed by atoms with van der Waals surface area (Å²) >= 11 is 0. The van der Waals surface area contributed by atoms with Gasteiger partial charge in [0, 0.05) is 25.0 Å². The van der Waals surface area contributed by atoms with Crippen LogP contribution in [0, 0.1) is 0 Å². The van der Waals surface area contributed by atoms with Gasteiger partial charge in [-0.15, -0.1) is 0 Å². The molecule has 3 unspecified atom stereocenters. The van der Waals surface area contributed by atoms with Gasteiger partial charge in [0.25, 0.3) is 0 Å². The predicted molar refractivity (Wildman–Crippen MR) is 62.2 cm³/mol. The van der Waals surface area contributed by atoms with E-state index in [1.165, 1.54) is 6.42 Å². The van der Waals surface area contributed by atoms with E-state index in [1.807, 2.05) is 0 Å². The van der Waals surface area contributed by atoms with E-state index in [2.05, 4.69) is 4.90 Å². The number of nitrogens with zero attached hydrogens (tertiary/aromatic N) is 1. The third kappa shape index (κ3) is 3.83. The van der Waals surface area contributed by atoms with E-state index in [4.69, 9.17) is 10.5 Å². The zero-order valence-corrected chi connectivity index (χ0v) is 10.5. The van der Waals surface area contributed by atoms with Gasteiger partial charge in [0.05, 0.1) is 12.7 Å². The lowest BCUT2D eigenvalue weighted by atomic mass is 10.0. The molecule has 2 aliphatic rings. The lowest BCUT2D eigenvalue weighted by Crippen LogP contribution is -2.52. The number of rotatable bonds is 4. The van der Waals surface area contributed by atoms with Gasteiger partial charge in [-0.25, -0.2) is 0 Å². The molecule has 0 aromatic heterocycles. The molecule has 0 aromatic rings. The average molecular weight is 266 g/mol. The molecule has 2 N–H and O–H groups in total. The van der Waals surface area contributed by atoms with Gasteiger partial charge in [-0.05, 0) is 32.2 Å². The molecule has 3 atom stereocenters. The lowest BCUT2D eigenvalue weighted by molar-refractivity contribution is -0.136. The maximum absolute atomic E-state index is 12.0. The van der Waals surface area contributed by atoms with Gasteiger partial charge in [-0.3, -0.25) is 4.90 Å². The van der Waals surface area contributed by atoms with Crippen molar-refractivity contribution in [3.8, 4) is 0 Å². The predicted octanol–water partition coefficient (Wildman–Crippen LogP) is 1.91. The number of morpholine rings is 1. The number of halogens is 3. The fourth-order valence-corrected chi connectivity index (χ4v) is 2.83. The molecule has 106 valence electrons. The zero-order chi connectivity index (χ0) is 13.2. The molecule has 0 saturated carbocycles. The Hall–Kier alpha value is -0.330. The second-order valence-electron chi connectivity index (χ2n) is 5.33. The number of ether oxygens (including phenoxy) is 1. The van der Waals surface area contributed by atoms with Crippen LogP contribution in [0.5, 0.6) is 0 Å². The van der Waals surface area contributed by atoms with Crippen LogP contribution < -0.4 is 5.73 Å². The average Bonchev–Trinajstić information content (AvgIpc) is 2.73. The molecule has 0 bridgehead atoms. The number of hydrogen-bond acceptors (Lipinski definition) is 3. The number of nitrogens with two attached hydrogens (primary N) is 1. The molecule has 0 amide bonds. The van der Waals surface area contributed by atoms with Gasteiger partial charge in [-0.1, -0.05) is 0 Å². The summed E-state index contributed by atoms with van der Waals surface area (Å²) in [7, 11) is 0. The van der Waals surface area contributed by atoms with Crippen molar-refractivity contribution in [2.45, 2.75) is 56.5 Å². The monoisotopic (exact) mass is 266 g/mol. The molecule has 2 heterocycles. The molecule has 2 fully saturated rings. The van der Waals surface area contributed by atoms with E-state index in [0.29, 0.717) is 19.1 Å². The molecule has 2 rings (SSSR count). The van der Waals surface area contributed by atoms with Crippen molar-refractivity contribution in [1.82, 2.24) is 4.90 Å². The molecule has 2 saturated heterocycles. The van der Waals surface area contributed by atoms with E-state index in [9.17, 15) is 13.2 Å². The standard InChI is InChI=1S/C12H21F3N2O/c13-12(14,15)5-1-4-10(16)11-7-17-6-2-3-9(17)8-18-11/h9-11H,1-8,16H2. The fraction of sp³-hybridized carbons (Fsp3) is 1.00. The highest BCUT2D eigenvalue weighted by atomic mass is 19.4. The largest absolute Gasteiger partial charge is 0.389 e. The van der Waals surface area contributed by atoms with Crippen molar-refractivity contribution in [2.75, 3.05) is 19.7 Å². The van der Waals surface area contributed by atoms with Crippen LogP contribution in [0.1, 0.15) is 32.1 Å². The van der Waals surface area contributed by atoms with Crippen molar-refractivity contribution < 1.29 is 17.9 Å². The summed E-state index contributed by atoms with van der Waals surface area (Å²) in [5, 5.41) is 0. The summed E-state index contributed by atoms with van der Waals surface area (Å²) in [4.78, 5) is 2.36. The summed E-state index contributed by atoms with van der Waals surface area (Å²) in [5.74, 6) is 0. The van der Waals surface area contributed by atoms with Gasteiger partial charge >= 0.3 is 6.18 Å². The van der Waals surface area contributed by atoms with E-state index in [-0.39, 0.29) is 18.6 Å². The van der Waals surface area contributed by atoms with E-state index in [1.54, 1.807) is 0 Å². The minimum Gasteiger partial charge on any atom is -0.374 e. The van der Waals surface area contributed by atoms with E-state index >= 15 is 0 Å². The topological polar surface area (TPSA) is 38.5 Å². The first-order valence-electron chi connectivity index (χ1n) is 6.64. The summed E-state index contributed by atoms with van der Waals surface area (Å²) in [6.07, 6.45) is -2.11. The Morgan fingerprint density at radius 1 is 1.39 bits per heavy atom. The SMILES string of the molecule is NC(CCCC(F)(F)F)C1CN2CCCC2CO1. The molecule has 6 heteroatoms. The number of hydrogen-bond donors (Lipinski definition) is 1. The Morgan fingerprint density at radius 2 is 2.17 bits per heavy atom. The van der Waals surface area contributed by atoms with Gasteiger partial charge < -0.3 is 10.5 Å². The van der Waals surface area contributed by atoms with Crippen LogP contribution in [-0.2, 0) is 4.74 Å². The van der Waals surface area contributed by atoms with Crippen LogP contribution in [0.4, 0.5) is 13.2 Å². The Balaban J connectivity index is 1.71.